The molecule has 0 nitrogen and oxygen atoms in total. The van der Waals surface area contributed by atoms with Crippen molar-refractivity contribution >= 4 is 0 Å². The maximum atomic E-state index is 11.4. The fourth-order valence-electron chi connectivity index (χ4n) is 0.502. The largest absolute Gasteiger partial charge is 1.00 e. The third kappa shape index (κ3) is 11.7. The summed E-state index contributed by atoms with van der Waals surface area (Å²) in [7, 11) is 0. The number of unbranched alkanes of at least 4 members (excludes halogenated alkanes) is 1. The third-order valence-electron chi connectivity index (χ3n) is 0.960. The molecule has 0 atom stereocenters. The molecule has 5 heteroatoms. The summed E-state index contributed by atoms with van der Waals surface area (Å²) >= 11 is 1.11. The van der Waals surface area contributed by atoms with Crippen LogP contribution in [0, 0.1) is 0 Å². The molecule has 0 aromatic carbocycles. The SMILES string of the molecule is FC(F)(F)CCC[CH2][Zn+].[Br-]. The van der Waals surface area contributed by atoms with Gasteiger partial charge in [0.25, 0.3) is 0 Å². The summed E-state index contributed by atoms with van der Waals surface area (Å²) in [5.41, 5.74) is 0. The maximum Gasteiger partial charge on any atom is -1.00 e. The Morgan fingerprint density at radius 3 is 1.90 bits per heavy atom. The van der Waals surface area contributed by atoms with Gasteiger partial charge in [0.2, 0.25) is 0 Å². The van der Waals surface area contributed by atoms with Crippen LogP contribution in [0.25, 0.3) is 0 Å². The summed E-state index contributed by atoms with van der Waals surface area (Å²) in [6.07, 6.45) is -3.49. The molecule has 0 unspecified atom stereocenters. The van der Waals surface area contributed by atoms with E-state index in [1.807, 2.05) is 0 Å². The zero-order valence-corrected chi connectivity index (χ0v) is 10.1. The van der Waals surface area contributed by atoms with Crippen molar-refractivity contribution in [2.75, 3.05) is 0 Å². The average molecular weight is 270 g/mol. The molecule has 0 aliphatic carbocycles. The molecule has 0 amide bonds. The van der Waals surface area contributed by atoms with Gasteiger partial charge in [-0.3, -0.25) is 0 Å². The summed E-state index contributed by atoms with van der Waals surface area (Å²) in [6, 6.07) is 0. The van der Waals surface area contributed by atoms with Gasteiger partial charge in [0.1, 0.15) is 0 Å². The van der Waals surface area contributed by atoms with E-state index in [0.29, 0.717) is 6.42 Å². The van der Waals surface area contributed by atoms with E-state index in [9.17, 15) is 13.2 Å². The van der Waals surface area contributed by atoms with Crippen LogP contribution in [0.5, 0.6) is 0 Å². The Bertz CT molecular complexity index is 73.8. The van der Waals surface area contributed by atoms with Crippen molar-refractivity contribution in [3.8, 4) is 0 Å². The molecule has 0 heterocycles. The van der Waals surface area contributed by atoms with E-state index in [-0.39, 0.29) is 17.0 Å². The predicted octanol–water partition coefficient (Wildman–Crippen LogP) is -0.312. The second-order valence-corrected chi connectivity index (χ2v) is 3.41. The van der Waals surface area contributed by atoms with E-state index in [0.717, 1.165) is 29.7 Å². The zero-order chi connectivity index (χ0) is 7.33. The molecule has 0 saturated heterocycles. The van der Waals surface area contributed by atoms with Crippen molar-refractivity contribution in [3.05, 3.63) is 0 Å². The quantitative estimate of drug-likeness (QED) is 0.487. The number of halogens is 4. The average Bonchev–Trinajstić information content (AvgIpc) is 1.63. The van der Waals surface area contributed by atoms with Crippen molar-refractivity contribution in [2.45, 2.75) is 30.5 Å². The van der Waals surface area contributed by atoms with Crippen molar-refractivity contribution in [2.24, 2.45) is 0 Å². The first-order valence-corrected chi connectivity index (χ1v) is 5.02. The van der Waals surface area contributed by atoms with Gasteiger partial charge in [0.05, 0.1) is 0 Å². The number of hydrogen-bond donors (Lipinski definition) is 0. The number of hydrogen-bond acceptors (Lipinski definition) is 0. The molecule has 0 aromatic heterocycles. The topological polar surface area (TPSA) is 0 Å². The van der Waals surface area contributed by atoms with E-state index in [4.69, 9.17) is 0 Å². The van der Waals surface area contributed by atoms with Crippen molar-refractivity contribution in [3.63, 3.8) is 0 Å². The monoisotopic (exact) mass is 268 g/mol. The van der Waals surface area contributed by atoms with Crippen LogP contribution in [-0.4, -0.2) is 6.18 Å². The van der Waals surface area contributed by atoms with Crippen molar-refractivity contribution < 1.29 is 48.5 Å². The van der Waals surface area contributed by atoms with Crippen LogP contribution in [0.3, 0.4) is 0 Å². The summed E-state index contributed by atoms with van der Waals surface area (Å²) in [5, 5.41) is 0.968. The third-order valence-corrected chi connectivity index (χ3v) is 2.01. The summed E-state index contributed by atoms with van der Waals surface area (Å²) in [4.78, 5) is 0. The van der Waals surface area contributed by atoms with Crippen LogP contribution in [0.2, 0.25) is 5.02 Å². The molecule has 0 fully saturated rings. The van der Waals surface area contributed by atoms with Crippen LogP contribution in [0.15, 0.2) is 0 Å². The smallest absolute Gasteiger partial charge is 1.00 e. The Morgan fingerprint density at radius 1 is 1.10 bits per heavy atom. The Morgan fingerprint density at radius 2 is 1.60 bits per heavy atom. The van der Waals surface area contributed by atoms with Gasteiger partial charge in [-0.25, -0.2) is 0 Å². The van der Waals surface area contributed by atoms with E-state index in [1.165, 1.54) is 0 Å². The van der Waals surface area contributed by atoms with Gasteiger partial charge in [-0.1, -0.05) is 0 Å². The molecule has 0 saturated carbocycles. The molecule has 0 radical (unpaired) electrons. The van der Waals surface area contributed by atoms with Crippen LogP contribution in [0.4, 0.5) is 13.2 Å². The Kier molecular flexibility index (Phi) is 8.89. The Labute approximate surface area is 79.0 Å². The minimum absolute atomic E-state index is 0. The van der Waals surface area contributed by atoms with Gasteiger partial charge in [-0.15, -0.1) is 0 Å². The van der Waals surface area contributed by atoms with E-state index < -0.39 is 12.6 Å². The molecular weight excluding hydrogens is 262 g/mol. The molecule has 0 rings (SSSR count). The predicted molar refractivity (Wildman–Crippen MR) is 24.7 cm³/mol. The first-order chi connectivity index (χ1) is 4.06. The molecular formula is C5H8BrF3Zn. The van der Waals surface area contributed by atoms with Crippen LogP contribution in [0.1, 0.15) is 19.3 Å². The second kappa shape index (κ2) is 6.59. The molecule has 0 spiro atoms. The van der Waals surface area contributed by atoms with Gasteiger partial charge < -0.3 is 17.0 Å². The molecule has 10 heavy (non-hydrogen) atoms. The van der Waals surface area contributed by atoms with Crippen LogP contribution < -0.4 is 17.0 Å². The zero-order valence-electron chi connectivity index (χ0n) is 5.55. The molecule has 0 aliphatic rings. The summed E-state index contributed by atoms with van der Waals surface area (Å²) in [5.74, 6) is 0. The van der Waals surface area contributed by atoms with Crippen LogP contribution in [-0.2, 0) is 18.3 Å². The first kappa shape index (κ1) is 13.5. The summed E-state index contributed by atoms with van der Waals surface area (Å²) in [6.45, 7) is 0. The molecule has 0 aliphatic heterocycles. The number of rotatable bonds is 3. The van der Waals surface area contributed by atoms with E-state index in [1.54, 1.807) is 0 Å². The maximum absolute atomic E-state index is 11.4. The minimum atomic E-state index is -3.94. The minimum Gasteiger partial charge on any atom is -1.00 e. The second-order valence-electron chi connectivity index (χ2n) is 1.93. The van der Waals surface area contributed by atoms with Gasteiger partial charge >= 0.3 is 61.9 Å². The van der Waals surface area contributed by atoms with Gasteiger partial charge in [0.15, 0.2) is 0 Å². The normalized spacial score (nSPS) is 10.9. The standard InChI is InChI=1S/C5H8F3.BrH.Zn/c1-2-3-4-5(6,7)8;;/h1-4H2;1H;/q;;+1/p-1. The molecule has 0 N–H and O–H groups in total. The number of alkyl halides is 3. The van der Waals surface area contributed by atoms with Gasteiger partial charge in [-0.2, -0.15) is 0 Å². The van der Waals surface area contributed by atoms with Crippen molar-refractivity contribution in [1.82, 2.24) is 0 Å². The summed E-state index contributed by atoms with van der Waals surface area (Å²) < 4.78 is 34.2. The Hall–Kier alpha value is 0.893. The fraction of sp³-hybridized carbons (Fsp3) is 1.00. The van der Waals surface area contributed by atoms with E-state index in [2.05, 4.69) is 0 Å². The first-order valence-electron chi connectivity index (χ1n) is 2.92. The molecule has 0 bridgehead atoms. The Balaban J connectivity index is 0. The van der Waals surface area contributed by atoms with Crippen molar-refractivity contribution in [1.29, 1.82) is 0 Å². The fourth-order valence-corrected chi connectivity index (χ4v) is 1.24. The molecule has 0 aromatic rings. The molecule has 58 valence electrons. The van der Waals surface area contributed by atoms with E-state index >= 15 is 0 Å². The van der Waals surface area contributed by atoms with Gasteiger partial charge in [0, 0.05) is 0 Å². The van der Waals surface area contributed by atoms with Gasteiger partial charge in [-0.05, 0) is 0 Å². The van der Waals surface area contributed by atoms with Crippen LogP contribution >= 0.6 is 0 Å².